The lowest BCUT2D eigenvalue weighted by Crippen LogP contribution is -2.44. The van der Waals surface area contributed by atoms with Crippen LogP contribution < -0.4 is 10.1 Å². The Kier molecular flexibility index (Phi) is 11.2. The summed E-state index contributed by atoms with van der Waals surface area (Å²) in [4.78, 5) is 20.6. The number of aryl methyl sites for hydroxylation is 1. The zero-order chi connectivity index (χ0) is 20.9. The second-order valence-corrected chi connectivity index (χ2v) is 6.84. The minimum Gasteiger partial charge on any atom is -0.491 e. The van der Waals surface area contributed by atoms with Crippen LogP contribution in [-0.4, -0.2) is 79.6 Å². The number of nitrogens with one attached hydrogen (secondary N) is 1. The number of carboxylic acid groups (broad SMARTS) is 2. The SMILES string of the molecule is Cc1ccc(C(C)C)cc1OCCOCCN1CCNCC1.O=C(O)C(=O)O. The Hall–Kier alpha value is -2.16. The van der Waals surface area contributed by atoms with Crippen LogP contribution in [0.15, 0.2) is 18.2 Å². The number of piperazine rings is 1. The van der Waals surface area contributed by atoms with Crippen LogP contribution in [0.5, 0.6) is 5.75 Å². The largest absolute Gasteiger partial charge is 0.491 e. The molecule has 0 aliphatic carbocycles. The molecule has 28 heavy (non-hydrogen) atoms. The van der Waals surface area contributed by atoms with Crippen molar-refractivity contribution in [1.82, 2.24) is 10.2 Å². The van der Waals surface area contributed by atoms with Gasteiger partial charge in [0.2, 0.25) is 0 Å². The van der Waals surface area contributed by atoms with Gasteiger partial charge in [-0.05, 0) is 30.0 Å². The van der Waals surface area contributed by atoms with Crippen molar-refractivity contribution < 1.29 is 29.3 Å². The van der Waals surface area contributed by atoms with E-state index in [9.17, 15) is 0 Å². The van der Waals surface area contributed by atoms with Crippen molar-refractivity contribution in [3.05, 3.63) is 29.3 Å². The Morgan fingerprint density at radius 1 is 1.11 bits per heavy atom. The van der Waals surface area contributed by atoms with E-state index in [-0.39, 0.29) is 0 Å². The van der Waals surface area contributed by atoms with Gasteiger partial charge in [0.1, 0.15) is 12.4 Å². The number of carboxylic acids is 2. The van der Waals surface area contributed by atoms with Crippen molar-refractivity contribution in [2.75, 3.05) is 52.5 Å². The lowest BCUT2D eigenvalue weighted by atomic mass is 10.0. The van der Waals surface area contributed by atoms with Crippen LogP contribution in [0.2, 0.25) is 0 Å². The second kappa shape index (κ2) is 13.1. The van der Waals surface area contributed by atoms with Gasteiger partial charge in [0.05, 0.1) is 13.2 Å². The predicted octanol–water partition coefficient (Wildman–Crippen LogP) is 1.57. The number of nitrogens with zero attached hydrogens (tertiary/aromatic N) is 1. The summed E-state index contributed by atoms with van der Waals surface area (Å²) < 4.78 is 11.6. The Labute approximate surface area is 166 Å². The highest BCUT2D eigenvalue weighted by Gasteiger charge is 2.08. The molecule has 1 aliphatic heterocycles. The maximum absolute atomic E-state index is 9.10. The molecule has 0 saturated carbocycles. The molecule has 0 bridgehead atoms. The van der Waals surface area contributed by atoms with Gasteiger partial charge in [-0.15, -0.1) is 0 Å². The van der Waals surface area contributed by atoms with Crippen LogP contribution in [0.3, 0.4) is 0 Å². The van der Waals surface area contributed by atoms with Crippen LogP contribution in [0.4, 0.5) is 0 Å². The highest BCUT2D eigenvalue weighted by Crippen LogP contribution is 2.24. The first-order chi connectivity index (χ1) is 13.3. The van der Waals surface area contributed by atoms with Gasteiger partial charge in [-0.3, -0.25) is 4.90 Å². The molecule has 0 radical (unpaired) electrons. The first-order valence-electron chi connectivity index (χ1n) is 9.51. The molecule has 158 valence electrons. The van der Waals surface area contributed by atoms with Gasteiger partial charge in [-0.1, -0.05) is 26.0 Å². The minimum atomic E-state index is -1.82. The van der Waals surface area contributed by atoms with Gasteiger partial charge in [0, 0.05) is 32.7 Å². The van der Waals surface area contributed by atoms with Crippen molar-refractivity contribution in [3.8, 4) is 5.75 Å². The third-order valence-corrected chi connectivity index (χ3v) is 4.31. The first-order valence-corrected chi connectivity index (χ1v) is 9.51. The number of hydrogen-bond acceptors (Lipinski definition) is 6. The summed E-state index contributed by atoms with van der Waals surface area (Å²) in [6.45, 7) is 14.0. The van der Waals surface area contributed by atoms with Gasteiger partial charge in [0.15, 0.2) is 0 Å². The molecule has 1 fully saturated rings. The van der Waals surface area contributed by atoms with Gasteiger partial charge in [-0.2, -0.15) is 0 Å². The van der Waals surface area contributed by atoms with Crippen molar-refractivity contribution in [2.24, 2.45) is 0 Å². The molecular weight excluding hydrogens is 364 g/mol. The van der Waals surface area contributed by atoms with Crippen LogP contribution in [0.1, 0.15) is 30.9 Å². The molecule has 3 N–H and O–H groups in total. The maximum atomic E-state index is 9.10. The summed E-state index contributed by atoms with van der Waals surface area (Å²) in [5.41, 5.74) is 2.51. The molecule has 1 saturated heterocycles. The van der Waals surface area contributed by atoms with Crippen LogP contribution >= 0.6 is 0 Å². The fourth-order valence-electron chi connectivity index (χ4n) is 2.57. The Balaban J connectivity index is 0.000000568. The standard InChI is InChI=1S/C18H30N2O2.C2H2O4/c1-15(2)17-5-4-16(3)18(14-17)22-13-12-21-11-10-20-8-6-19-7-9-20;3-1(4)2(5)6/h4-5,14-15,19H,6-13H2,1-3H3;(H,3,4)(H,5,6). The van der Waals surface area contributed by atoms with E-state index in [0.717, 1.165) is 45.1 Å². The number of ether oxygens (including phenoxy) is 2. The quantitative estimate of drug-likeness (QED) is 0.449. The average Bonchev–Trinajstić information content (AvgIpc) is 2.67. The van der Waals surface area contributed by atoms with Gasteiger partial charge >= 0.3 is 11.9 Å². The molecule has 1 aliphatic rings. The Morgan fingerprint density at radius 3 is 2.32 bits per heavy atom. The maximum Gasteiger partial charge on any atom is 0.414 e. The Morgan fingerprint density at radius 2 is 1.75 bits per heavy atom. The van der Waals surface area contributed by atoms with E-state index in [1.807, 2.05) is 0 Å². The summed E-state index contributed by atoms with van der Waals surface area (Å²) in [7, 11) is 0. The molecule has 0 aromatic heterocycles. The first kappa shape index (κ1) is 23.9. The topological polar surface area (TPSA) is 108 Å². The fourth-order valence-corrected chi connectivity index (χ4v) is 2.57. The zero-order valence-electron chi connectivity index (χ0n) is 16.9. The van der Waals surface area contributed by atoms with E-state index in [1.165, 1.54) is 11.1 Å². The number of aliphatic carboxylic acids is 2. The summed E-state index contributed by atoms with van der Waals surface area (Å²) in [6.07, 6.45) is 0. The number of carbonyl (C=O) groups is 2. The lowest BCUT2D eigenvalue weighted by Gasteiger charge is -2.26. The second-order valence-electron chi connectivity index (χ2n) is 6.84. The van der Waals surface area contributed by atoms with E-state index in [1.54, 1.807) is 0 Å². The molecule has 0 amide bonds. The van der Waals surface area contributed by atoms with E-state index in [0.29, 0.717) is 19.1 Å². The number of hydrogen-bond donors (Lipinski definition) is 3. The molecule has 0 spiro atoms. The summed E-state index contributed by atoms with van der Waals surface area (Å²) in [6, 6.07) is 6.47. The minimum absolute atomic E-state index is 0.526. The summed E-state index contributed by atoms with van der Waals surface area (Å²) in [5.74, 6) is -2.14. The highest BCUT2D eigenvalue weighted by molar-refractivity contribution is 6.27. The summed E-state index contributed by atoms with van der Waals surface area (Å²) >= 11 is 0. The molecule has 0 unspecified atom stereocenters. The van der Waals surface area contributed by atoms with Gasteiger partial charge in [-0.25, -0.2) is 9.59 Å². The summed E-state index contributed by atoms with van der Waals surface area (Å²) in [5, 5.41) is 18.1. The van der Waals surface area contributed by atoms with Gasteiger partial charge in [0.25, 0.3) is 0 Å². The third kappa shape index (κ3) is 9.68. The van der Waals surface area contributed by atoms with Crippen LogP contribution in [-0.2, 0) is 14.3 Å². The molecule has 1 heterocycles. The van der Waals surface area contributed by atoms with Crippen molar-refractivity contribution in [3.63, 3.8) is 0 Å². The molecule has 8 nitrogen and oxygen atoms in total. The van der Waals surface area contributed by atoms with Crippen molar-refractivity contribution in [1.29, 1.82) is 0 Å². The zero-order valence-corrected chi connectivity index (χ0v) is 16.9. The highest BCUT2D eigenvalue weighted by atomic mass is 16.5. The fraction of sp³-hybridized carbons (Fsp3) is 0.600. The molecule has 2 rings (SSSR count). The van der Waals surface area contributed by atoms with E-state index >= 15 is 0 Å². The lowest BCUT2D eigenvalue weighted by molar-refractivity contribution is -0.159. The molecular formula is C20H32N2O6. The molecule has 8 heteroatoms. The van der Waals surface area contributed by atoms with Crippen LogP contribution in [0.25, 0.3) is 0 Å². The third-order valence-electron chi connectivity index (χ3n) is 4.31. The molecule has 0 atom stereocenters. The normalized spacial score (nSPS) is 14.3. The Bertz CT molecular complexity index is 603. The van der Waals surface area contributed by atoms with Crippen LogP contribution in [0, 0.1) is 6.92 Å². The van der Waals surface area contributed by atoms with Crippen molar-refractivity contribution in [2.45, 2.75) is 26.7 Å². The van der Waals surface area contributed by atoms with E-state index in [2.05, 4.69) is 49.2 Å². The van der Waals surface area contributed by atoms with Gasteiger partial charge < -0.3 is 25.0 Å². The average molecular weight is 396 g/mol. The van der Waals surface area contributed by atoms with Crippen molar-refractivity contribution >= 4 is 11.9 Å². The monoisotopic (exact) mass is 396 g/mol. The molecule has 1 aromatic carbocycles. The number of benzene rings is 1. The number of rotatable bonds is 8. The smallest absolute Gasteiger partial charge is 0.414 e. The van der Waals surface area contributed by atoms with E-state index in [4.69, 9.17) is 29.3 Å². The predicted molar refractivity (Wildman–Crippen MR) is 106 cm³/mol. The molecule has 1 aromatic rings. The van der Waals surface area contributed by atoms with E-state index < -0.39 is 11.9 Å².